The molecule has 3 nitrogen and oxygen atoms in total. The van der Waals surface area contributed by atoms with Gasteiger partial charge in [-0.1, -0.05) is 26.0 Å². The summed E-state index contributed by atoms with van der Waals surface area (Å²) in [6.07, 6.45) is 1.82. The van der Waals surface area contributed by atoms with Gasteiger partial charge in [-0.15, -0.1) is 11.3 Å². The van der Waals surface area contributed by atoms with Gasteiger partial charge in [-0.25, -0.2) is 4.98 Å². The van der Waals surface area contributed by atoms with Crippen LogP contribution in [-0.4, -0.2) is 10.8 Å². The molecule has 2 aromatic heterocycles. The molecule has 4 heteroatoms. The summed E-state index contributed by atoms with van der Waals surface area (Å²) in [6.45, 7) is 5.60. The molecule has 3 rings (SSSR count). The Morgan fingerprint density at radius 2 is 2.00 bits per heavy atom. The summed E-state index contributed by atoms with van der Waals surface area (Å²) < 4.78 is 6.99. The number of para-hydroxylation sites is 1. The number of fused-ring (bicyclic) bond motifs is 1. The first kappa shape index (κ1) is 14.7. The van der Waals surface area contributed by atoms with Crippen molar-refractivity contribution >= 4 is 33.4 Å². The molecule has 0 unspecified atom stereocenters. The molecule has 0 radical (unpaired) electrons. The Bertz CT molecular complexity index is 822. The van der Waals surface area contributed by atoms with E-state index in [0.29, 0.717) is 5.76 Å². The van der Waals surface area contributed by atoms with Crippen molar-refractivity contribution in [3.63, 3.8) is 0 Å². The molecular formula is C18H17NO2S. The van der Waals surface area contributed by atoms with Crippen LogP contribution in [0.1, 0.15) is 26.5 Å². The lowest BCUT2D eigenvalue weighted by Crippen LogP contribution is -2.03. The number of hydrogen-bond acceptors (Lipinski definition) is 4. The second kappa shape index (κ2) is 5.89. The van der Waals surface area contributed by atoms with Crippen LogP contribution in [0.25, 0.3) is 27.1 Å². The van der Waals surface area contributed by atoms with E-state index in [-0.39, 0.29) is 11.7 Å². The Morgan fingerprint density at radius 1 is 1.23 bits per heavy atom. The van der Waals surface area contributed by atoms with Crippen LogP contribution in [0.2, 0.25) is 0 Å². The number of aromatic nitrogens is 1. The van der Waals surface area contributed by atoms with Crippen LogP contribution in [0.4, 0.5) is 0 Å². The number of benzene rings is 1. The molecule has 0 aliphatic rings. The second-order valence-electron chi connectivity index (χ2n) is 5.50. The molecule has 112 valence electrons. The van der Waals surface area contributed by atoms with Crippen molar-refractivity contribution < 1.29 is 9.21 Å². The van der Waals surface area contributed by atoms with Gasteiger partial charge < -0.3 is 4.42 Å². The molecular weight excluding hydrogens is 294 g/mol. The third kappa shape index (κ3) is 2.88. The largest absolute Gasteiger partial charge is 0.454 e. The predicted octanol–water partition coefficient (Wildman–Crippen LogP) is 5.18. The molecule has 0 aliphatic heterocycles. The molecule has 3 aromatic rings. The molecule has 0 saturated carbocycles. The molecule has 0 fully saturated rings. The van der Waals surface area contributed by atoms with Crippen LogP contribution in [0.5, 0.6) is 0 Å². The van der Waals surface area contributed by atoms with Crippen LogP contribution in [0.15, 0.2) is 46.4 Å². The zero-order chi connectivity index (χ0) is 15.7. The SMILES string of the molecule is CC(=O)/C(=C/c1ccc(-c2nc3ccccc3s2)o1)C(C)C. The van der Waals surface area contributed by atoms with Gasteiger partial charge in [0, 0.05) is 5.57 Å². The third-order valence-electron chi connectivity index (χ3n) is 3.46. The van der Waals surface area contributed by atoms with Crippen molar-refractivity contribution in [2.45, 2.75) is 20.8 Å². The molecule has 0 aliphatic carbocycles. The van der Waals surface area contributed by atoms with E-state index in [2.05, 4.69) is 4.98 Å². The first-order chi connectivity index (χ1) is 10.5. The molecule has 0 spiro atoms. The number of Topliss-reactive ketones (excluding diaryl/α,β-unsaturated/α-hetero) is 1. The zero-order valence-corrected chi connectivity index (χ0v) is 13.6. The number of carbonyl (C=O) groups excluding carboxylic acids is 1. The van der Waals surface area contributed by atoms with Crippen LogP contribution in [0.3, 0.4) is 0 Å². The first-order valence-electron chi connectivity index (χ1n) is 7.23. The second-order valence-corrected chi connectivity index (χ2v) is 6.53. The summed E-state index contributed by atoms with van der Waals surface area (Å²) in [7, 11) is 0. The van der Waals surface area contributed by atoms with Gasteiger partial charge in [0.05, 0.1) is 10.2 Å². The molecule has 0 saturated heterocycles. The normalized spacial score (nSPS) is 12.3. The van der Waals surface area contributed by atoms with E-state index in [1.165, 1.54) is 0 Å². The highest BCUT2D eigenvalue weighted by molar-refractivity contribution is 7.21. The van der Waals surface area contributed by atoms with Gasteiger partial charge in [-0.3, -0.25) is 4.79 Å². The van der Waals surface area contributed by atoms with E-state index < -0.39 is 0 Å². The molecule has 0 amide bonds. The number of furan rings is 1. The molecule has 2 heterocycles. The summed E-state index contributed by atoms with van der Waals surface area (Å²) in [4.78, 5) is 16.2. The summed E-state index contributed by atoms with van der Waals surface area (Å²) in [5, 5.41) is 0.856. The molecule has 22 heavy (non-hydrogen) atoms. The fourth-order valence-electron chi connectivity index (χ4n) is 2.35. The van der Waals surface area contributed by atoms with Gasteiger partial charge in [-0.2, -0.15) is 0 Å². The summed E-state index contributed by atoms with van der Waals surface area (Å²) in [5.41, 5.74) is 1.74. The van der Waals surface area contributed by atoms with E-state index in [4.69, 9.17) is 4.42 Å². The molecule has 1 aromatic carbocycles. The van der Waals surface area contributed by atoms with Crippen molar-refractivity contribution in [3.05, 3.63) is 47.7 Å². The van der Waals surface area contributed by atoms with Gasteiger partial charge in [-0.05, 0) is 43.2 Å². The van der Waals surface area contributed by atoms with Crippen molar-refractivity contribution in [1.29, 1.82) is 0 Å². The maximum Gasteiger partial charge on any atom is 0.163 e. The first-order valence-corrected chi connectivity index (χ1v) is 8.04. The predicted molar refractivity (Wildman–Crippen MR) is 90.8 cm³/mol. The lowest BCUT2D eigenvalue weighted by Gasteiger charge is -2.05. The Kier molecular flexibility index (Phi) is 3.94. The van der Waals surface area contributed by atoms with Gasteiger partial charge in [0.2, 0.25) is 0 Å². The highest BCUT2D eigenvalue weighted by Gasteiger charge is 2.12. The number of allylic oxidation sites excluding steroid dienone is 1. The minimum Gasteiger partial charge on any atom is -0.454 e. The monoisotopic (exact) mass is 311 g/mol. The standard InChI is InChI=1S/C18H17NO2S/c1-11(2)14(12(3)20)10-13-8-9-16(21-13)18-19-15-6-4-5-7-17(15)22-18/h4-11H,1-3H3/b14-10+. The Hall–Kier alpha value is -2.20. The van der Waals surface area contributed by atoms with Crippen molar-refractivity contribution in [1.82, 2.24) is 4.98 Å². The van der Waals surface area contributed by atoms with Crippen LogP contribution >= 0.6 is 11.3 Å². The number of ketones is 1. The maximum atomic E-state index is 11.7. The number of nitrogens with zero attached hydrogens (tertiary/aromatic N) is 1. The number of thiazole rings is 1. The van der Waals surface area contributed by atoms with E-state index in [1.54, 1.807) is 18.3 Å². The third-order valence-corrected chi connectivity index (χ3v) is 4.51. The minimum atomic E-state index is 0.0768. The van der Waals surface area contributed by atoms with Crippen molar-refractivity contribution in [2.75, 3.05) is 0 Å². The van der Waals surface area contributed by atoms with E-state index in [0.717, 1.165) is 26.6 Å². The number of hydrogen-bond donors (Lipinski definition) is 0. The minimum absolute atomic E-state index is 0.0768. The van der Waals surface area contributed by atoms with Gasteiger partial charge >= 0.3 is 0 Å². The average Bonchev–Trinajstić information content (AvgIpc) is 3.10. The van der Waals surface area contributed by atoms with Crippen LogP contribution < -0.4 is 0 Å². The van der Waals surface area contributed by atoms with Gasteiger partial charge in [0.1, 0.15) is 5.76 Å². The van der Waals surface area contributed by atoms with E-state index >= 15 is 0 Å². The molecule has 0 atom stereocenters. The fourth-order valence-corrected chi connectivity index (χ4v) is 3.28. The van der Waals surface area contributed by atoms with Gasteiger partial charge in [0.15, 0.2) is 16.6 Å². The fraction of sp³-hybridized carbons (Fsp3) is 0.222. The number of rotatable bonds is 4. The lowest BCUT2D eigenvalue weighted by atomic mass is 9.99. The van der Waals surface area contributed by atoms with E-state index in [9.17, 15) is 4.79 Å². The quantitative estimate of drug-likeness (QED) is 0.623. The van der Waals surface area contributed by atoms with Crippen LogP contribution in [0, 0.1) is 5.92 Å². The smallest absolute Gasteiger partial charge is 0.163 e. The average molecular weight is 311 g/mol. The van der Waals surface area contributed by atoms with Gasteiger partial charge in [0.25, 0.3) is 0 Å². The Labute approximate surface area is 133 Å². The summed E-state index contributed by atoms with van der Waals surface area (Å²) in [6, 6.07) is 11.8. The molecule has 0 bridgehead atoms. The summed E-state index contributed by atoms with van der Waals surface area (Å²) in [5.74, 6) is 1.67. The lowest BCUT2D eigenvalue weighted by molar-refractivity contribution is -0.113. The number of carbonyl (C=O) groups is 1. The summed E-state index contributed by atoms with van der Waals surface area (Å²) >= 11 is 1.60. The van der Waals surface area contributed by atoms with Crippen LogP contribution in [-0.2, 0) is 4.79 Å². The van der Waals surface area contributed by atoms with Crippen molar-refractivity contribution in [3.8, 4) is 10.8 Å². The van der Waals surface area contributed by atoms with E-state index in [1.807, 2.05) is 56.3 Å². The van der Waals surface area contributed by atoms with Crippen molar-refractivity contribution in [2.24, 2.45) is 5.92 Å². The maximum absolute atomic E-state index is 11.7. The Morgan fingerprint density at radius 3 is 2.68 bits per heavy atom. The highest BCUT2D eigenvalue weighted by atomic mass is 32.1. The molecule has 0 N–H and O–H groups in total. The topological polar surface area (TPSA) is 43.1 Å². The Balaban J connectivity index is 1.96. The zero-order valence-electron chi connectivity index (χ0n) is 12.8. The highest BCUT2D eigenvalue weighted by Crippen LogP contribution is 2.31.